The van der Waals surface area contributed by atoms with Gasteiger partial charge in [0.15, 0.2) is 5.78 Å². The Balaban J connectivity index is 1.83. The molecule has 1 amide bonds. The number of para-hydroxylation sites is 1. The van der Waals surface area contributed by atoms with E-state index in [2.05, 4.69) is 0 Å². The zero-order chi connectivity index (χ0) is 33.1. The second kappa shape index (κ2) is 14.0. The Bertz CT molecular complexity index is 1880. The number of allylic oxidation sites excluding steroid dienone is 1. The summed E-state index contributed by atoms with van der Waals surface area (Å²) in [6.45, 7) is 8.05. The van der Waals surface area contributed by atoms with Crippen LogP contribution in [0.4, 0.5) is 0 Å². The van der Waals surface area contributed by atoms with E-state index in [-0.39, 0.29) is 35.4 Å². The lowest BCUT2D eigenvalue weighted by molar-refractivity contribution is -0.141. The molecule has 238 valence electrons. The van der Waals surface area contributed by atoms with Gasteiger partial charge in [0.05, 0.1) is 34.6 Å². The van der Waals surface area contributed by atoms with Gasteiger partial charge in [-0.05, 0) is 68.5 Å². The maximum atomic E-state index is 14.7. The summed E-state index contributed by atoms with van der Waals surface area (Å²) in [6.07, 6.45) is 3.27. The Hall–Kier alpha value is -4.34. The first-order valence-electron chi connectivity index (χ1n) is 15.4. The fourth-order valence-electron chi connectivity index (χ4n) is 5.95. The van der Waals surface area contributed by atoms with Crippen LogP contribution in [0.5, 0.6) is 0 Å². The SMILES string of the molecule is CCc1cccc(CC)c1-n1c(C=C(C)C)c(C(=O)N2CCCC(=O)C2CC(=O)O)cc(-c2nc(-c3ccc(Cl)cc3)cs2)c1=O. The molecule has 1 aliphatic rings. The number of carbonyl (C=O) groups is 3. The first-order valence-corrected chi connectivity index (χ1v) is 16.6. The van der Waals surface area contributed by atoms with Crippen molar-refractivity contribution in [3.05, 3.63) is 97.2 Å². The van der Waals surface area contributed by atoms with Crippen LogP contribution < -0.4 is 5.56 Å². The third-order valence-corrected chi connectivity index (χ3v) is 9.28. The topological polar surface area (TPSA) is 110 Å². The number of likely N-dealkylation sites (tertiary alicyclic amines) is 1. The van der Waals surface area contributed by atoms with Crippen LogP contribution in [0, 0.1) is 0 Å². The predicted molar refractivity (Wildman–Crippen MR) is 183 cm³/mol. The van der Waals surface area contributed by atoms with Crippen LogP contribution in [0.3, 0.4) is 0 Å². The first kappa shape index (κ1) is 33.0. The predicted octanol–water partition coefficient (Wildman–Crippen LogP) is 7.48. The number of pyridine rings is 1. The standard InChI is InChI=1S/C36H36ClN3O5S/c1-5-22-9-7-10-23(6-2)33(22)40-29(17-21(3)4)26(35(44)39-16-8-11-31(41)30(39)19-32(42)43)18-27(36(40)45)34-38-28(20-46-34)24-12-14-25(37)15-13-24/h7,9-10,12-15,17-18,20,30H,5-6,8,11,16,19H2,1-4H3,(H,42,43). The lowest BCUT2D eigenvalue weighted by Crippen LogP contribution is -2.50. The molecule has 1 atom stereocenters. The van der Waals surface area contributed by atoms with Gasteiger partial charge in [-0.3, -0.25) is 23.7 Å². The number of hydrogen-bond donors (Lipinski definition) is 1. The summed E-state index contributed by atoms with van der Waals surface area (Å²) >= 11 is 7.39. The Kier molecular flexibility index (Phi) is 10.0. The van der Waals surface area contributed by atoms with Crippen LogP contribution in [0.2, 0.25) is 5.02 Å². The Labute approximate surface area is 277 Å². The smallest absolute Gasteiger partial charge is 0.305 e. The summed E-state index contributed by atoms with van der Waals surface area (Å²) in [5.74, 6) is -1.94. The van der Waals surface area contributed by atoms with Crippen LogP contribution in [0.1, 0.15) is 74.1 Å². The molecule has 1 unspecified atom stereocenters. The van der Waals surface area contributed by atoms with Gasteiger partial charge in [-0.15, -0.1) is 11.3 Å². The second-order valence-electron chi connectivity index (χ2n) is 11.6. The van der Waals surface area contributed by atoms with Crippen LogP contribution in [-0.4, -0.2) is 49.8 Å². The molecular weight excluding hydrogens is 622 g/mol. The summed E-state index contributed by atoms with van der Waals surface area (Å²) < 4.78 is 1.62. The molecule has 4 aromatic rings. The molecule has 2 aromatic carbocycles. The lowest BCUT2D eigenvalue weighted by Gasteiger charge is -2.34. The van der Waals surface area contributed by atoms with Crippen molar-refractivity contribution in [2.45, 2.75) is 65.8 Å². The number of hydrogen-bond acceptors (Lipinski definition) is 6. The Morgan fingerprint density at radius 3 is 2.35 bits per heavy atom. The molecule has 0 radical (unpaired) electrons. The number of carbonyl (C=O) groups excluding carboxylic acids is 2. The number of piperidine rings is 1. The number of halogens is 1. The van der Waals surface area contributed by atoms with Gasteiger partial charge in [0.2, 0.25) is 0 Å². The van der Waals surface area contributed by atoms with Gasteiger partial charge >= 0.3 is 5.97 Å². The van der Waals surface area contributed by atoms with Gasteiger partial charge in [-0.2, -0.15) is 0 Å². The van der Waals surface area contributed by atoms with Gasteiger partial charge in [0.1, 0.15) is 11.0 Å². The lowest BCUT2D eigenvalue weighted by atomic mass is 9.95. The molecule has 1 N–H and O–H groups in total. The minimum atomic E-state index is -1.16. The number of amides is 1. The number of carboxylic acids is 1. The summed E-state index contributed by atoms with van der Waals surface area (Å²) in [5.41, 5.74) is 5.46. The minimum Gasteiger partial charge on any atom is -0.481 e. The monoisotopic (exact) mass is 657 g/mol. The number of aliphatic carboxylic acids is 1. The highest BCUT2D eigenvalue weighted by atomic mass is 35.5. The highest BCUT2D eigenvalue weighted by Gasteiger charge is 2.37. The van der Waals surface area contributed by atoms with Crippen molar-refractivity contribution in [3.63, 3.8) is 0 Å². The maximum Gasteiger partial charge on any atom is 0.305 e. The molecule has 46 heavy (non-hydrogen) atoms. The molecule has 3 heterocycles. The number of thiazole rings is 1. The number of aryl methyl sites for hydroxylation is 2. The summed E-state index contributed by atoms with van der Waals surface area (Å²) in [5, 5.41) is 12.5. The molecular formula is C36H36ClN3O5S. The number of rotatable bonds is 9. The van der Waals surface area contributed by atoms with E-state index in [0.717, 1.165) is 22.3 Å². The Morgan fingerprint density at radius 2 is 1.74 bits per heavy atom. The van der Waals surface area contributed by atoms with Crippen molar-refractivity contribution in [1.82, 2.24) is 14.5 Å². The fraction of sp³-hybridized carbons (Fsp3) is 0.306. The average molecular weight is 658 g/mol. The van der Waals surface area contributed by atoms with Crippen LogP contribution in [0.15, 0.2) is 64.3 Å². The van der Waals surface area contributed by atoms with Crippen molar-refractivity contribution in [3.8, 4) is 27.5 Å². The van der Waals surface area contributed by atoms with Crippen LogP contribution >= 0.6 is 22.9 Å². The molecule has 2 aromatic heterocycles. The van der Waals surface area contributed by atoms with Gasteiger partial charge in [-0.1, -0.05) is 61.4 Å². The molecule has 10 heteroatoms. The Morgan fingerprint density at radius 1 is 1.07 bits per heavy atom. The van der Waals surface area contributed by atoms with E-state index in [1.54, 1.807) is 22.8 Å². The molecule has 1 fully saturated rings. The van der Waals surface area contributed by atoms with Crippen LogP contribution in [-0.2, 0) is 22.4 Å². The van der Waals surface area contributed by atoms with E-state index in [4.69, 9.17) is 16.6 Å². The van der Waals surface area contributed by atoms with Crippen molar-refractivity contribution in [1.29, 1.82) is 0 Å². The van der Waals surface area contributed by atoms with E-state index in [1.807, 2.05) is 69.5 Å². The molecule has 1 aliphatic heterocycles. The van der Waals surface area contributed by atoms with E-state index < -0.39 is 24.3 Å². The van der Waals surface area contributed by atoms with E-state index in [0.29, 0.717) is 46.4 Å². The van der Waals surface area contributed by atoms with Crippen molar-refractivity contribution < 1.29 is 19.5 Å². The average Bonchev–Trinajstić information content (AvgIpc) is 3.51. The molecule has 1 saturated heterocycles. The van der Waals surface area contributed by atoms with Gasteiger partial charge in [0.25, 0.3) is 11.5 Å². The maximum absolute atomic E-state index is 14.7. The molecule has 8 nitrogen and oxygen atoms in total. The normalized spacial score (nSPS) is 14.8. The first-order chi connectivity index (χ1) is 22.0. The van der Waals surface area contributed by atoms with Crippen molar-refractivity contribution >= 4 is 46.7 Å². The minimum absolute atomic E-state index is 0.206. The fourth-order valence-corrected chi connectivity index (χ4v) is 6.91. The second-order valence-corrected chi connectivity index (χ2v) is 12.9. The third-order valence-electron chi connectivity index (χ3n) is 8.16. The van der Waals surface area contributed by atoms with Crippen molar-refractivity contribution in [2.24, 2.45) is 0 Å². The van der Waals surface area contributed by atoms with Crippen LogP contribution in [0.25, 0.3) is 33.6 Å². The van der Waals surface area contributed by atoms with Crippen molar-refractivity contribution in [2.75, 3.05) is 6.54 Å². The molecule has 0 spiro atoms. The summed E-state index contributed by atoms with van der Waals surface area (Å²) in [7, 11) is 0. The summed E-state index contributed by atoms with van der Waals surface area (Å²) in [4.78, 5) is 60.2. The number of nitrogens with zero attached hydrogens (tertiary/aromatic N) is 3. The number of aromatic nitrogens is 2. The number of Topliss-reactive ketones (excluding diaryl/α,β-unsaturated/α-hetero) is 1. The zero-order valence-corrected chi connectivity index (χ0v) is 27.9. The van der Waals surface area contributed by atoms with E-state index in [9.17, 15) is 24.3 Å². The van der Waals surface area contributed by atoms with E-state index in [1.165, 1.54) is 16.2 Å². The number of benzene rings is 2. The van der Waals surface area contributed by atoms with E-state index >= 15 is 0 Å². The largest absolute Gasteiger partial charge is 0.481 e. The highest BCUT2D eigenvalue weighted by Crippen LogP contribution is 2.33. The van der Waals surface area contributed by atoms with Gasteiger partial charge < -0.3 is 10.0 Å². The van der Waals surface area contributed by atoms with Gasteiger partial charge in [-0.25, -0.2) is 4.98 Å². The van der Waals surface area contributed by atoms with Gasteiger partial charge in [0, 0.05) is 28.9 Å². The molecule has 0 bridgehead atoms. The number of carboxylic acid groups (broad SMARTS) is 1. The highest BCUT2D eigenvalue weighted by molar-refractivity contribution is 7.13. The summed E-state index contributed by atoms with van der Waals surface area (Å²) in [6, 6.07) is 13.7. The zero-order valence-electron chi connectivity index (χ0n) is 26.3. The molecule has 0 aliphatic carbocycles. The quantitative estimate of drug-likeness (QED) is 0.200. The number of ketones is 1. The third kappa shape index (κ3) is 6.62. The molecule has 5 rings (SSSR count). The molecule has 0 saturated carbocycles.